The summed E-state index contributed by atoms with van der Waals surface area (Å²) in [6.07, 6.45) is 0. The van der Waals surface area contributed by atoms with Crippen LogP contribution in [0, 0.1) is 6.92 Å². The minimum atomic E-state index is 0.122. The molecule has 0 atom stereocenters. The normalized spacial score (nSPS) is 9.77. The van der Waals surface area contributed by atoms with Gasteiger partial charge >= 0.3 is 0 Å². The molecule has 0 saturated heterocycles. The SMILES string of the molecule is COc1ccc(C)cc1NCCO. The first-order valence-electron chi connectivity index (χ1n) is 4.27. The Morgan fingerprint density at radius 2 is 2.23 bits per heavy atom. The van der Waals surface area contributed by atoms with E-state index in [2.05, 4.69) is 5.32 Å². The van der Waals surface area contributed by atoms with Crippen molar-refractivity contribution in [1.29, 1.82) is 0 Å². The average molecular weight is 181 g/mol. The van der Waals surface area contributed by atoms with Crippen molar-refractivity contribution in [3.63, 3.8) is 0 Å². The molecule has 1 aromatic carbocycles. The van der Waals surface area contributed by atoms with E-state index >= 15 is 0 Å². The monoisotopic (exact) mass is 181 g/mol. The molecule has 0 spiro atoms. The van der Waals surface area contributed by atoms with Crippen molar-refractivity contribution in [1.82, 2.24) is 0 Å². The van der Waals surface area contributed by atoms with Gasteiger partial charge in [0.25, 0.3) is 0 Å². The molecule has 0 radical (unpaired) electrons. The fourth-order valence-electron chi connectivity index (χ4n) is 1.15. The molecule has 0 aromatic heterocycles. The second-order valence-electron chi connectivity index (χ2n) is 2.85. The summed E-state index contributed by atoms with van der Waals surface area (Å²) in [7, 11) is 1.63. The van der Waals surface area contributed by atoms with E-state index < -0.39 is 0 Å². The molecule has 2 N–H and O–H groups in total. The minimum absolute atomic E-state index is 0.122. The number of rotatable bonds is 4. The third-order valence-electron chi connectivity index (χ3n) is 1.78. The van der Waals surface area contributed by atoms with Crippen LogP contribution in [0.4, 0.5) is 5.69 Å². The van der Waals surface area contributed by atoms with Crippen LogP contribution in [0.1, 0.15) is 5.56 Å². The van der Waals surface area contributed by atoms with E-state index in [1.54, 1.807) is 7.11 Å². The molecule has 0 aliphatic carbocycles. The number of anilines is 1. The topological polar surface area (TPSA) is 41.5 Å². The maximum atomic E-state index is 8.66. The molecule has 0 amide bonds. The van der Waals surface area contributed by atoms with Crippen LogP contribution >= 0.6 is 0 Å². The molecule has 3 nitrogen and oxygen atoms in total. The van der Waals surface area contributed by atoms with Crippen LogP contribution in [0.2, 0.25) is 0 Å². The highest BCUT2D eigenvalue weighted by atomic mass is 16.5. The van der Waals surface area contributed by atoms with Crippen LogP contribution in [0.3, 0.4) is 0 Å². The van der Waals surface area contributed by atoms with Crippen LogP contribution in [-0.2, 0) is 0 Å². The molecule has 0 aliphatic rings. The highest BCUT2D eigenvalue weighted by molar-refractivity contribution is 5.57. The summed E-state index contributed by atoms with van der Waals surface area (Å²) in [4.78, 5) is 0. The van der Waals surface area contributed by atoms with Gasteiger partial charge < -0.3 is 15.2 Å². The quantitative estimate of drug-likeness (QED) is 0.738. The maximum absolute atomic E-state index is 8.66. The van der Waals surface area contributed by atoms with Gasteiger partial charge in [0.05, 0.1) is 19.4 Å². The van der Waals surface area contributed by atoms with E-state index in [9.17, 15) is 0 Å². The first kappa shape index (κ1) is 9.86. The number of ether oxygens (including phenoxy) is 1. The average Bonchev–Trinajstić information content (AvgIpc) is 2.15. The molecular weight excluding hydrogens is 166 g/mol. The predicted octanol–water partition coefficient (Wildman–Crippen LogP) is 1.41. The number of hydrogen-bond acceptors (Lipinski definition) is 3. The second-order valence-corrected chi connectivity index (χ2v) is 2.85. The third kappa shape index (κ3) is 2.63. The lowest BCUT2D eigenvalue weighted by atomic mass is 10.2. The van der Waals surface area contributed by atoms with E-state index in [-0.39, 0.29) is 6.61 Å². The van der Waals surface area contributed by atoms with Crippen LogP contribution in [0.25, 0.3) is 0 Å². The lowest BCUT2D eigenvalue weighted by Crippen LogP contribution is -2.06. The Balaban J connectivity index is 2.81. The summed E-state index contributed by atoms with van der Waals surface area (Å²) in [5.41, 5.74) is 2.10. The van der Waals surface area contributed by atoms with Crippen molar-refractivity contribution < 1.29 is 9.84 Å². The van der Waals surface area contributed by atoms with Gasteiger partial charge in [-0.2, -0.15) is 0 Å². The number of aliphatic hydroxyl groups is 1. The first-order valence-corrected chi connectivity index (χ1v) is 4.27. The zero-order chi connectivity index (χ0) is 9.68. The Hall–Kier alpha value is -1.22. The molecule has 0 fully saturated rings. The lowest BCUT2D eigenvalue weighted by Gasteiger charge is -2.10. The van der Waals surface area contributed by atoms with Crippen molar-refractivity contribution in [3.05, 3.63) is 23.8 Å². The Morgan fingerprint density at radius 3 is 2.85 bits per heavy atom. The summed E-state index contributed by atoms with van der Waals surface area (Å²) in [5, 5.41) is 11.7. The van der Waals surface area contributed by atoms with Crippen molar-refractivity contribution in [3.8, 4) is 5.75 Å². The molecule has 0 aliphatic heterocycles. The highest BCUT2D eigenvalue weighted by Crippen LogP contribution is 2.24. The van der Waals surface area contributed by atoms with E-state index in [1.165, 1.54) is 5.56 Å². The fourth-order valence-corrected chi connectivity index (χ4v) is 1.15. The van der Waals surface area contributed by atoms with Crippen LogP contribution in [0.15, 0.2) is 18.2 Å². The van der Waals surface area contributed by atoms with Gasteiger partial charge in [-0.05, 0) is 24.6 Å². The number of aliphatic hydroxyl groups excluding tert-OH is 1. The maximum Gasteiger partial charge on any atom is 0.141 e. The molecule has 0 heterocycles. The summed E-state index contributed by atoms with van der Waals surface area (Å²) in [5.74, 6) is 0.805. The fraction of sp³-hybridized carbons (Fsp3) is 0.400. The Labute approximate surface area is 78.3 Å². The standard InChI is InChI=1S/C10H15NO2/c1-8-3-4-10(13-2)9(7-8)11-5-6-12/h3-4,7,11-12H,5-6H2,1-2H3. The summed E-state index contributed by atoms with van der Waals surface area (Å²) in [6.45, 7) is 2.68. The largest absolute Gasteiger partial charge is 0.495 e. The zero-order valence-corrected chi connectivity index (χ0v) is 8.00. The van der Waals surface area contributed by atoms with Crippen LogP contribution < -0.4 is 10.1 Å². The molecule has 0 saturated carbocycles. The summed E-state index contributed by atoms with van der Waals surface area (Å²) >= 11 is 0. The van der Waals surface area contributed by atoms with Gasteiger partial charge in [0, 0.05) is 6.54 Å². The van der Waals surface area contributed by atoms with Gasteiger partial charge in [0.15, 0.2) is 0 Å². The Morgan fingerprint density at radius 1 is 1.46 bits per heavy atom. The van der Waals surface area contributed by atoms with Gasteiger partial charge in [-0.25, -0.2) is 0 Å². The summed E-state index contributed by atoms with van der Waals surface area (Å²) < 4.78 is 5.15. The second kappa shape index (κ2) is 4.72. The number of benzene rings is 1. The minimum Gasteiger partial charge on any atom is -0.495 e. The molecule has 1 aromatic rings. The molecule has 0 unspecified atom stereocenters. The van der Waals surface area contributed by atoms with Gasteiger partial charge in [-0.15, -0.1) is 0 Å². The predicted molar refractivity (Wildman–Crippen MR) is 53.3 cm³/mol. The van der Waals surface area contributed by atoms with E-state index in [4.69, 9.17) is 9.84 Å². The van der Waals surface area contributed by atoms with Crippen molar-refractivity contribution >= 4 is 5.69 Å². The first-order chi connectivity index (χ1) is 6.27. The molecule has 0 bridgehead atoms. The highest BCUT2D eigenvalue weighted by Gasteiger charge is 2.00. The Kier molecular flexibility index (Phi) is 3.58. The number of aryl methyl sites for hydroxylation is 1. The molecule has 1 rings (SSSR count). The third-order valence-corrected chi connectivity index (χ3v) is 1.78. The Bertz CT molecular complexity index is 274. The van der Waals surface area contributed by atoms with E-state index in [1.807, 2.05) is 25.1 Å². The molecule has 13 heavy (non-hydrogen) atoms. The molecular formula is C10H15NO2. The lowest BCUT2D eigenvalue weighted by molar-refractivity contribution is 0.311. The van der Waals surface area contributed by atoms with E-state index in [0.29, 0.717) is 6.54 Å². The molecule has 72 valence electrons. The van der Waals surface area contributed by atoms with Gasteiger partial charge in [0.2, 0.25) is 0 Å². The summed E-state index contributed by atoms with van der Waals surface area (Å²) in [6, 6.07) is 5.90. The van der Waals surface area contributed by atoms with Crippen molar-refractivity contribution in [2.24, 2.45) is 0 Å². The number of hydrogen-bond donors (Lipinski definition) is 2. The van der Waals surface area contributed by atoms with Crippen molar-refractivity contribution in [2.45, 2.75) is 6.92 Å². The molecule has 3 heteroatoms. The smallest absolute Gasteiger partial charge is 0.141 e. The van der Waals surface area contributed by atoms with Crippen LogP contribution in [-0.4, -0.2) is 25.4 Å². The zero-order valence-electron chi connectivity index (χ0n) is 8.00. The van der Waals surface area contributed by atoms with Gasteiger partial charge in [-0.3, -0.25) is 0 Å². The van der Waals surface area contributed by atoms with Crippen molar-refractivity contribution in [2.75, 3.05) is 25.6 Å². The van der Waals surface area contributed by atoms with Gasteiger partial charge in [-0.1, -0.05) is 6.07 Å². The van der Waals surface area contributed by atoms with Gasteiger partial charge in [0.1, 0.15) is 5.75 Å². The number of methoxy groups -OCH3 is 1. The van der Waals surface area contributed by atoms with E-state index in [0.717, 1.165) is 11.4 Å². The van der Waals surface area contributed by atoms with Crippen LogP contribution in [0.5, 0.6) is 5.75 Å². The number of nitrogens with one attached hydrogen (secondary N) is 1.